The van der Waals surface area contributed by atoms with Gasteiger partial charge >= 0.3 is 0 Å². The van der Waals surface area contributed by atoms with Crippen molar-refractivity contribution in [2.24, 2.45) is 0 Å². The van der Waals surface area contributed by atoms with E-state index in [2.05, 4.69) is 15.5 Å². The highest BCUT2D eigenvalue weighted by Crippen LogP contribution is 2.31. The van der Waals surface area contributed by atoms with E-state index in [4.69, 9.17) is 4.52 Å². The zero-order chi connectivity index (χ0) is 16.6. The van der Waals surface area contributed by atoms with Crippen LogP contribution in [0.1, 0.15) is 35.4 Å². The van der Waals surface area contributed by atoms with Crippen LogP contribution in [0, 0.1) is 13.8 Å². The van der Waals surface area contributed by atoms with Gasteiger partial charge in [0.2, 0.25) is 0 Å². The van der Waals surface area contributed by atoms with E-state index in [0.29, 0.717) is 5.89 Å². The van der Waals surface area contributed by atoms with E-state index < -0.39 is 9.84 Å². The molecule has 0 radical (unpaired) electrons. The lowest BCUT2D eigenvalue weighted by Gasteiger charge is -2.10. The third kappa shape index (κ3) is 3.45. The summed E-state index contributed by atoms with van der Waals surface area (Å²) >= 11 is 0. The summed E-state index contributed by atoms with van der Waals surface area (Å²) in [5.41, 5.74) is 4.34. The first-order valence-corrected chi connectivity index (χ1v) is 9.41. The second-order valence-electron chi connectivity index (χ2n) is 6.14. The van der Waals surface area contributed by atoms with Crippen LogP contribution in [0.25, 0.3) is 11.5 Å². The van der Waals surface area contributed by atoms with Crippen LogP contribution in [0.5, 0.6) is 0 Å². The first-order valence-electron chi connectivity index (χ1n) is 7.70. The average Bonchev–Trinajstić information content (AvgIpc) is 3.25. The van der Waals surface area contributed by atoms with Gasteiger partial charge < -0.3 is 9.84 Å². The molecular weight excluding hydrogens is 314 g/mol. The quantitative estimate of drug-likeness (QED) is 0.870. The molecule has 0 spiro atoms. The summed E-state index contributed by atoms with van der Waals surface area (Å²) in [6.07, 6.45) is 1.50. The monoisotopic (exact) mass is 335 g/mol. The second-order valence-corrected chi connectivity index (χ2v) is 8.42. The molecule has 0 unspecified atom stereocenters. The summed E-state index contributed by atoms with van der Waals surface area (Å²) in [7, 11) is -1.22. The van der Waals surface area contributed by atoms with Crippen molar-refractivity contribution in [3.63, 3.8) is 0 Å². The molecule has 7 heteroatoms. The van der Waals surface area contributed by atoms with Crippen molar-refractivity contribution < 1.29 is 12.9 Å². The second kappa shape index (κ2) is 6.05. The first kappa shape index (κ1) is 16.1. The lowest BCUT2D eigenvalue weighted by Crippen LogP contribution is -2.10. The third-order valence-corrected chi connectivity index (χ3v) is 6.27. The third-order valence-electron chi connectivity index (χ3n) is 4.13. The Kier molecular flexibility index (Phi) is 4.25. The van der Waals surface area contributed by atoms with Gasteiger partial charge in [0.1, 0.15) is 5.75 Å². The zero-order valence-electron chi connectivity index (χ0n) is 13.6. The molecule has 0 atom stereocenters. The number of hydrogen-bond acceptors (Lipinski definition) is 6. The van der Waals surface area contributed by atoms with E-state index in [9.17, 15) is 8.42 Å². The number of hydrogen-bond donors (Lipinski definition) is 1. The minimum Gasteiger partial charge on any atom is -0.334 e. The van der Waals surface area contributed by atoms with E-state index in [1.54, 1.807) is 0 Å². The highest BCUT2D eigenvalue weighted by Gasteiger charge is 2.36. The highest BCUT2D eigenvalue weighted by atomic mass is 32.2. The Morgan fingerprint density at radius 2 is 1.91 bits per heavy atom. The van der Waals surface area contributed by atoms with Gasteiger partial charge in [-0.3, -0.25) is 0 Å². The van der Waals surface area contributed by atoms with E-state index in [0.717, 1.165) is 36.1 Å². The maximum absolute atomic E-state index is 12.0. The topological polar surface area (TPSA) is 85.1 Å². The highest BCUT2D eigenvalue weighted by molar-refractivity contribution is 7.91. The fraction of sp³-hybridized carbons (Fsp3) is 0.500. The van der Waals surface area contributed by atoms with E-state index in [-0.39, 0.29) is 16.8 Å². The van der Waals surface area contributed by atoms with Gasteiger partial charge in [-0.05, 0) is 62.6 Å². The van der Waals surface area contributed by atoms with E-state index in [1.807, 2.05) is 33.0 Å². The van der Waals surface area contributed by atoms with Crippen molar-refractivity contribution in [2.45, 2.75) is 44.2 Å². The van der Waals surface area contributed by atoms with Gasteiger partial charge in [0.15, 0.2) is 15.7 Å². The van der Waals surface area contributed by atoms with Crippen LogP contribution < -0.4 is 5.32 Å². The smallest absolute Gasteiger partial charge is 0.257 e. The number of benzene rings is 1. The Bertz CT molecular complexity index is 800. The molecule has 0 aliphatic heterocycles. The van der Waals surface area contributed by atoms with Crippen LogP contribution >= 0.6 is 0 Å². The molecule has 0 bridgehead atoms. The standard InChI is InChI=1S/C16H21N3O3S/c1-10-6-12(7-11(2)14(10)8-17-3)16-18-15(19-22-16)9-23(20,21)13-4-5-13/h6-7,13,17H,4-5,8-9H2,1-3H3. The molecule has 1 saturated carbocycles. The van der Waals surface area contributed by atoms with Gasteiger partial charge in [-0.25, -0.2) is 8.42 Å². The van der Waals surface area contributed by atoms with Crippen molar-refractivity contribution in [3.8, 4) is 11.5 Å². The lowest BCUT2D eigenvalue weighted by atomic mass is 9.99. The van der Waals surface area contributed by atoms with Crippen LogP contribution in [0.2, 0.25) is 0 Å². The van der Waals surface area contributed by atoms with Gasteiger partial charge in [-0.15, -0.1) is 0 Å². The number of sulfone groups is 1. The maximum Gasteiger partial charge on any atom is 0.257 e. The minimum absolute atomic E-state index is 0.142. The van der Waals surface area contributed by atoms with Crippen LogP contribution in [0.4, 0.5) is 0 Å². The largest absolute Gasteiger partial charge is 0.334 e. The summed E-state index contributed by atoms with van der Waals surface area (Å²) in [6, 6.07) is 3.98. The van der Waals surface area contributed by atoms with Crippen molar-refractivity contribution in [2.75, 3.05) is 7.05 Å². The molecule has 1 aromatic carbocycles. The Morgan fingerprint density at radius 3 is 2.48 bits per heavy atom. The first-order chi connectivity index (χ1) is 10.9. The lowest BCUT2D eigenvalue weighted by molar-refractivity contribution is 0.424. The van der Waals surface area contributed by atoms with Crippen molar-refractivity contribution in [1.29, 1.82) is 0 Å². The normalized spacial score (nSPS) is 15.1. The van der Waals surface area contributed by atoms with Crippen LogP contribution in [-0.4, -0.2) is 30.9 Å². The Balaban J connectivity index is 1.85. The molecule has 1 aliphatic carbocycles. The SMILES string of the molecule is CNCc1c(C)cc(-c2nc(CS(=O)(=O)C3CC3)no2)cc1C. The molecule has 1 heterocycles. The number of nitrogens with zero attached hydrogens (tertiary/aromatic N) is 2. The molecular formula is C16H21N3O3S. The molecule has 124 valence electrons. The van der Waals surface area contributed by atoms with Gasteiger partial charge in [0.25, 0.3) is 5.89 Å². The van der Waals surface area contributed by atoms with Crippen LogP contribution in [0.15, 0.2) is 16.7 Å². The fourth-order valence-electron chi connectivity index (χ4n) is 2.73. The predicted molar refractivity (Wildman–Crippen MR) is 87.6 cm³/mol. The number of nitrogens with one attached hydrogen (secondary N) is 1. The van der Waals surface area contributed by atoms with Gasteiger partial charge in [-0.2, -0.15) is 4.98 Å². The summed E-state index contributed by atoms with van der Waals surface area (Å²) in [4.78, 5) is 4.26. The van der Waals surface area contributed by atoms with Crippen molar-refractivity contribution in [1.82, 2.24) is 15.5 Å². The van der Waals surface area contributed by atoms with E-state index in [1.165, 1.54) is 5.56 Å². The average molecular weight is 335 g/mol. The molecule has 1 N–H and O–H groups in total. The van der Waals surface area contributed by atoms with Crippen LogP contribution in [0.3, 0.4) is 0 Å². The van der Waals surface area contributed by atoms with Crippen molar-refractivity contribution in [3.05, 3.63) is 34.6 Å². The Labute approximate surface area is 136 Å². The molecule has 2 aromatic rings. The molecule has 1 aromatic heterocycles. The van der Waals surface area contributed by atoms with Gasteiger partial charge in [0, 0.05) is 12.1 Å². The molecule has 0 saturated heterocycles. The fourth-order valence-corrected chi connectivity index (χ4v) is 4.29. The zero-order valence-corrected chi connectivity index (χ0v) is 14.4. The van der Waals surface area contributed by atoms with Crippen molar-refractivity contribution >= 4 is 9.84 Å². The van der Waals surface area contributed by atoms with Gasteiger partial charge in [-0.1, -0.05) is 5.16 Å². The van der Waals surface area contributed by atoms with Gasteiger partial charge in [0.05, 0.1) is 5.25 Å². The number of aryl methyl sites for hydroxylation is 2. The Morgan fingerprint density at radius 1 is 1.26 bits per heavy atom. The Hall–Kier alpha value is -1.73. The summed E-state index contributed by atoms with van der Waals surface area (Å²) < 4.78 is 29.3. The van der Waals surface area contributed by atoms with Crippen LogP contribution in [-0.2, 0) is 22.1 Å². The minimum atomic E-state index is -3.13. The molecule has 1 fully saturated rings. The number of rotatable bonds is 6. The molecule has 1 aliphatic rings. The summed E-state index contributed by atoms with van der Waals surface area (Å²) in [5.74, 6) is 0.464. The summed E-state index contributed by atoms with van der Waals surface area (Å²) in [5, 5.41) is 6.77. The molecule has 3 rings (SSSR count). The molecule has 6 nitrogen and oxygen atoms in total. The van der Waals surface area contributed by atoms with E-state index >= 15 is 0 Å². The summed E-state index contributed by atoms with van der Waals surface area (Å²) in [6.45, 7) is 4.88. The number of aromatic nitrogens is 2. The molecule has 23 heavy (non-hydrogen) atoms. The predicted octanol–water partition coefficient (Wildman–Crippen LogP) is 2.15. The maximum atomic E-state index is 12.0. The molecule has 0 amide bonds.